The van der Waals surface area contributed by atoms with Gasteiger partial charge in [-0.2, -0.15) is 0 Å². The van der Waals surface area contributed by atoms with Gasteiger partial charge in [0.05, 0.1) is 12.7 Å². The van der Waals surface area contributed by atoms with Gasteiger partial charge in [0.1, 0.15) is 0 Å². The van der Waals surface area contributed by atoms with Crippen molar-refractivity contribution in [1.82, 2.24) is 4.57 Å². The van der Waals surface area contributed by atoms with Crippen molar-refractivity contribution in [3.63, 3.8) is 0 Å². The third-order valence-corrected chi connectivity index (χ3v) is 4.62. The molecule has 0 spiro atoms. The highest BCUT2D eigenvalue weighted by atomic mass is 16.5. The number of benzene rings is 1. The number of aromatic nitrogens is 1. The van der Waals surface area contributed by atoms with E-state index in [9.17, 15) is 4.79 Å². The van der Waals surface area contributed by atoms with Crippen LogP contribution < -0.4 is 0 Å². The first-order chi connectivity index (χ1) is 10.0. The highest BCUT2D eigenvalue weighted by Crippen LogP contribution is 2.40. The predicted octanol–water partition coefficient (Wildman–Crippen LogP) is 4.45. The van der Waals surface area contributed by atoms with Gasteiger partial charge < -0.3 is 9.30 Å². The Labute approximate surface area is 125 Å². The molecule has 2 aromatic rings. The molecule has 1 heterocycles. The van der Waals surface area contributed by atoms with Crippen molar-refractivity contribution in [3.8, 4) is 0 Å². The van der Waals surface area contributed by atoms with Gasteiger partial charge in [-0.1, -0.05) is 6.92 Å². The van der Waals surface area contributed by atoms with Crippen LogP contribution in [0.3, 0.4) is 0 Å². The number of esters is 1. The molecule has 0 saturated carbocycles. The summed E-state index contributed by atoms with van der Waals surface area (Å²) in [6.07, 6.45) is 3.59. The van der Waals surface area contributed by atoms with Crippen LogP contribution in [0.4, 0.5) is 0 Å². The zero-order chi connectivity index (χ0) is 15.1. The van der Waals surface area contributed by atoms with Gasteiger partial charge in [-0.3, -0.25) is 0 Å². The molecule has 1 aromatic heterocycles. The number of nitrogens with zero attached hydrogens (tertiary/aromatic N) is 1. The lowest BCUT2D eigenvalue weighted by atomic mass is 9.87. The first-order valence-electron chi connectivity index (χ1n) is 7.79. The van der Waals surface area contributed by atoms with Gasteiger partial charge in [0, 0.05) is 22.6 Å². The van der Waals surface area contributed by atoms with Crippen LogP contribution >= 0.6 is 0 Å². The molecular weight excluding hydrogens is 262 g/mol. The minimum absolute atomic E-state index is 0.258. The van der Waals surface area contributed by atoms with Gasteiger partial charge in [-0.25, -0.2) is 4.79 Å². The number of carbonyl (C=O) groups excluding carboxylic acids is 1. The third kappa shape index (κ3) is 2.15. The summed E-state index contributed by atoms with van der Waals surface area (Å²) in [5, 5.41) is 1.23. The second-order valence-electron chi connectivity index (χ2n) is 6.34. The number of hydrogen-bond donors (Lipinski definition) is 0. The van der Waals surface area contributed by atoms with E-state index in [2.05, 4.69) is 31.4 Å². The lowest BCUT2D eigenvalue weighted by molar-refractivity contribution is 0.0601. The van der Waals surface area contributed by atoms with E-state index in [1.54, 1.807) is 0 Å². The molecule has 0 bridgehead atoms. The van der Waals surface area contributed by atoms with Crippen molar-refractivity contribution in [3.05, 3.63) is 35.0 Å². The molecule has 0 fully saturated rings. The number of rotatable bonds is 2. The van der Waals surface area contributed by atoms with Crippen molar-refractivity contribution in [2.75, 3.05) is 7.11 Å². The molecule has 1 aliphatic rings. The molecule has 112 valence electrons. The number of ether oxygens (including phenoxy) is 1. The summed E-state index contributed by atoms with van der Waals surface area (Å²) in [6, 6.07) is 6.40. The minimum Gasteiger partial charge on any atom is -0.465 e. The summed E-state index contributed by atoms with van der Waals surface area (Å²) >= 11 is 0. The van der Waals surface area contributed by atoms with Gasteiger partial charge in [0.2, 0.25) is 0 Å². The Morgan fingerprint density at radius 3 is 2.81 bits per heavy atom. The Bertz CT molecular complexity index is 697. The molecular formula is C18H23NO2. The quantitative estimate of drug-likeness (QED) is 0.763. The fraction of sp³-hybridized carbons (Fsp3) is 0.500. The summed E-state index contributed by atoms with van der Waals surface area (Å²) in [4.78, 5) is 11.8. The van der Waals surface area contributed by atoms with E-state index in [1.807, 2.05) is 12.1 Å². The van der Waals surface area contributed by atoms with Crippen LogP contribution in [0.25, 0.3) is 10.9 Å². The van der Waals surface area contributed by atoms with Crippen LogP contribution in [-0.4, -0.2) is 17.6 Å². The van der Waals surface area contributed by atoms with E-state index in [1.165, 1.54) is 42.1 Å². The van der Waals surface area contributed by atoms with Crippen LogP contribution in [0, 0.1) is 0 Å². The first kappa shape index (κ1) is 14.2. The molecule has 1 unspecified atom stereocenters. The summed E-state index contributed by atoms with van der Waals surface area (Å²) in [5.41, 5.74) is 4.79. The Balaban J connectivity index is 2.30. The van der Waals surface area contributed by atoms with Crippen LogP contribution in [0.2, 0.25) is 0 Å². The number of carbonyl (C=O) groups is 1. The van der Waals surface area contributed by atoms with E-state index in [0.717, 1.165) is 6.42 Å². The van der Waals surface area contributed by atoms with Crippen LogP contribution in [0.1, 0.15) is 67.2 Å². The van der Waals surface area contributed by atoms with Crippen molar-refractivity contribution < 1.29 is 9.53 Å². The first-order valence-corrected chi connectivity index (χ1v) is 7.79. The molecule has 0 aliphatic heterocycles. The topological polar surface area (TPSA) is 31.2 Å². The highest BCUT2D eigenvalue weighted by molar-refractivity contribution is 5.96. The van der Waals surface area contributed by atoms with E-state index >= 15 is 0 Å². The van der Waals surface area contributed by atoms with Crippen molar-refractivity contribution in [1.29, 1.82) is 0 Å². The Kier molecular flexibility index (Phi) is 3.52. The second-order valence-corrected chi connectivity index (χ2v) is 6.34. The molecule has 3 rings (SSSR count). The second kappa shape index (κ2) is 5.21. The average molecular weight is 285 g/mol. The summed E-state index contributed by atoms with van der Waals surface area (Å²) in [5.74, 6) is 0.330. The maximum absolute atomic E-state index is 11.8. The summed E-state index contributed by atoms with van der Waals surface area (Å²) in [7, 11) is 1.43. The lowest BCUT2D eigenvalue weighted by Gasteiger charge is -2.24. The zero-order valence-corrected chi connectivity index (χ0v) is 13.3. The van der Waals surface area contributed by atoms with Gasteiger partial charge in [-0.15, -0.1) is 0 Å². The Hall–Kier alpha value is -1.77. The van der Waals surface area contributed by atoms with Gasteiger partial charge in [0.25, 0.3) is 0 Å². The third-order valence-electron chi connectivity index (χ3n) is 4.62. The van der Waals surface area contributed by atoms with E-state index < -0.39 is 0 Å². The van der Waals surface area contributed by atoms with Crippen LogP contribution in [0.15, 0.2) is 18.2 Å². The number of methoxy groups -OCH3 is 1. The van der Waals surface area contributed by atoms with Crippen LogP contribution in [-0.2, 0) is 11.2 Å². The fourth-order valence-corrected chi connectivity index (χ4v) is 3.72. The fourth-order valence-electron chi connectivity index (χ4n) is 3.72. The molecule has 1 atom stereocenters. The van der Waals surface area contributed by atoms with Crippen molar-refractivity contribution >= 4 is 16.9 Å². The maximum atomic E-state index is 11.8. The maximum Gasteiger partial charge on any atom is 0.337 e. The Morgan fingerprint density at radius 1 is 1.38 bits per heavy atom. The van der Waals surface area contributed by atoms with E-state index in [4.69, 9.17) is 4.74 Å². The monoisotopic (exact) mass is 285 g/mol. The normalized spacial score (nSPS) is 18.0. The molecule has 0 amide bonds. The predicted molar refractivity (Wildman–Crippen MR) is 85.0 cm³/mol. The summed E-state index contributed by atoms with van der Waals surface area (Å²) in [6.45, 7) is 6.78. The smallest absolute Gasteiger partial charge is 0.337 e. The average Bonchev–Trinajstić information content (AvgIpc) is 2.81. The standard InChI is InChI=1S/C18H23NO2/c1-11(2)19-16-9-8-13(18(20)21-4)10-15(16)14-7-5-6-12(3)17(14)19/h8-12H,5-7H2,1-4H3. The molecule has 0 radical (unpaired) electrons. The van der Waals surface area contributed by atoms with Crippen molar-refractivity contribution in [2.45, 2.75) is 52.0 Å². The Morgan fingerprint density at radius 2 is 2.14 bits per heavy atom. The zero-order valence-electron chi connectivity index (χ0n) is 13.3. The molecule has 3 heteroatoms. The summed E-state index contributed by atoms with van der Waals surface area (Å²) < 4.78 is 7.31. The molecule has 1 aromatic carbocycles. The molecule has 3 nitrogen and oxygen atoms in total. The lowest BCUT2D eigenvalue weighted by Crippen LogP contribution is -2.13. The van der Waals surface area contributed by atoms with Crippen LogP contribution in [0.5, 0.6) is 0 Å². The van der Waals surface area contributed by atoms with Gasteiger partial charge in [-0.05, 0) is 62.8 Å². The van der Waals surface area contributed by atoms with E-state index in [0.29, 0.717) is 17.5 Å². The number of aryl methyl sites for hydroxylation is 1. The van der Waals surface area contributed by atoms with Gasteiger partial charge in [0.15, 0.2) is 0 Å². The van der Waals surface area contributed by atoms with Gasteiger partial charge >= 0.3 is 5.97 Å². The minimum atomic E-state index is -0.258. The van der Waals surface area contributed by atoms with Crippen molar-refractivity contribution in [2.24, 2.45) is 0 Å². The molecule has 1 aliphatic carbocycles. The molecule has 21 heavy (non-hydrogen) atoms. The highest BCUT2D eigenvalue weighted by Gasteiger charge is 2.26. The van der Waals surface area contributed by atoms with E-state index in [-0.39, 0.29) is 5.97 Å². The SMILES string of the molecule is COC(=O)c1ccc2c(c1)c1c(n2C(C)C)C(C)CCC1. The number of fused-ring (bicyclic) bond motifs is 3. The molecule has 0 N–H and O–H groups in total. The molecule has 0 saturated heterocycles. The number of hydrogen-bond acceptors (Lipinski definition) is 2. The largest absolute Gasteiger partial charge is 0.465 e.